The number of fused-ring (bicyclic) bond motifs is 2. The van der Waals surface area contributed by atoms with Crippen molar-refractivity contribution in [2.24, 2.45) is 0 Å². The van der Waals surface area contributed by atoms with Crippen LogP contribution in [0, 0.1) is 5.82 Å². The van der Waals surface area contributed by atoms with Crippen LogP contribution in [0.3, 0.4) is 0 Å². The summed E-state index contributed by atoms with van der Waals surface area (Å²) in [5.41, 5.74) is 4.20. The van der Waals surface area contributed by atoms with Crippen molar-refractivity contribution in [2.75, 3.05) is 26.7 Å². The number of piperidine rings is 1. The Labute approximate surface area is 164 Å². The second-order valence-corrected chi connectivity index (χ2v) is 7.95. The van der Waals surface area contributed by atoms with Gasteiger partial charge in [-0.05, 0) is 32.0 Å². The number of likely N-dealkylation sites (tertiary alicyclic amines) is 1. The first-order valence-electron chi connectivity index (χ1n) is 9.90. The largest absolute Gasteiger partial charge is 0.348 e. The Bertz CT molecular complexity index is 969. The number of imidazole rings is 1. The Morgan fingerprint density at radius 1 is 1.18 bits per heavy atom. The fourth-order valence-corrected chi connectivity index (χ4v) is 4.76. The maximum atomic E-state index is 14.0. The number of rotatable bonds is 3. The van der Waals surface area contributed by atoms with E-state index in [-0.39, 0.29) is 11.4 Å². The molecule has 0 unspecified atom stereocenters. The zero-order chi connectivity index (χ0) is 19.1. The van der Waals surface area contributed by atoms with Crippen LogP contribution in [0.2, 0.25) is 0 Å². The Balaban J connectivity index is 1.28. The first-order valence-corrected chi connectivity index (χ1v) is 9.90. The number of hydrogen-bond acceptors (Lipinski definition) is 4. The lowest BCUT2D eigenvalue weighted by molar-refractivity contribution is 0.0221. The van der Waals surface area contributed by atoms with Gasteiger partial charge < -0.3 is 4.98 Å². The summed E-state index contributed by atoms with van der Waals surface area (Å²) in [7, 11) is 2.23. The van der Waals surface area contributed by atoms with Gasteiger partial charge in [0.1, 0.15) is 11.5 Å². The lowest BCUT2D eigenvalue weighted by atomic mass is 9.79. The summed E-state index contributed by atoms with van der Waals surface area (Å²) < 4.78 is 15.6. The fourth-order valence-electron chi connectivity index (χ4n) is 4.76. The molecule has 3 aromatic rings. The van der Waals surface area contributed by atoms with Gasteiger partial charge in [0.05, 0.1) is 23.8 Å². The molecule has 28 heavy (non-hydrogen) atoms. The van der Waals surface area contributed by atoms with Crippen molar-refractivity contribution < 1.29 is 4.39 Å². The van der Waals surface area contributed by atoms with Gasteiger partial charge in [0, 0.05) is 50.1 Å². The molecule has 0 saturated carbocycles. The highest BCUT2D eigenvalue weighted by Gasteiger charge is 2.44. The third-order valence-electron chi connectivity index (χ3n) is 6.41. The van der Waals surface area contributed by atoms with Gasteiger partial charge in [-0.1, -0.05) is 12.1 Å². The molecule has 7 heteroatoms. The number of benzene rings is 1. The molecule has 146 valence electrons. The van der Waals surface area contributed by atoms with Gasteiger partial charge in [-0.15, -0.1) is 0 Å². The second-order valence-electron chi connectivity index (χ2n) is 7.95. The maximum Gasteiger partial charge on any atom is 0.148 e. The molecule has 1 N–H and O–H groups in total. The molecule has 1 aromatic carbocycles. The monoisotopic (exact) mass is 380 g/mol. The Kier molecular flexibility index (Phi) is 4.29. The van der Waals surface area contributed by atoms with E-state index >= 15 is 0 Å². The van der Waals surface area contributed by atoms with E-state index in [1.54, 1.807) is 16.8 Å². The highest BCUT2D eigenvalue weighted by molar-refractivity contribution is 5.33. The van der Waals surface area contributed by atoms with Crippen molar-refractivity contribution in [3.8, 4) is 5.69 Å². The quantitative estimate of drug-likeness (QED) is 0.759. The number of aromatic nitrogens is 4. The summed E-state index contributed by atoms with van der Waals surface area (Å²) in [5, 5.41) is 4.36. The number of likely N-dealkylation sites (N-methyl/N-ethyl adjacent to an activating group) is 1. The average molecular weight is 380 g/mol. The highest BCUT2D eigenvalue weighted by atomic mass is 19.1. The molecule has 2 aliphatic rings. The first-order chi connectivity index (χ1) is 13.7. The molecular weight excluding hydrogens is 355 g/mol. The third-order valence-corrected chi connectivity index (χ3v) is 6.41. The van der Waals surface area contributed by atoms with E-state index in [0.29, 0.717) is 5.69 Å². The SMILES string of the molecule is CN1CCc2[nH]cnc2C12CCN(Cc1cnn(-c3ccccc3F)c1)CC2. The average Bonchev–Trinajstić information content (AvgIpc) is 3.37. The Morgan fingerprint density at radius 3 is 2.82 bits per heavy atom. The van der Waals surface area contributed by atoms with Gasteiger partial charge in [0.2, 0.25) is 0 Å². The Morgan fingerprint density at radius 2 is 2.00 bits per heavy atom. The van der Waals surface area contributed by atoms with Crippen LogP contribution in [0.25, 0.3) is 5.69 Å². The normalized spacial score (nSPS) is 19.8. The van der Waals surface area contributed by atoms with E-state index in [2.05, 4.69) is 31.9 Å². The number of nitrogens with one attached hydrogen (secondary N) is 1. The van der Waals surface area contributed by atoms with Crippen LogP contribution in [-0.2, 0) is 18.5 Å². The van der Waals surface area contributed by atoms with Gasteiger partial charge in [-0.2, -0.15) is 5.10 Å². The minimum absolute atomic E-state index is 0.0570. The molecular formula is C21H25FN6. The van der Waals surface area contributed by atoms with Crippen LogP contribution in [0.4, 0.5) is 4.39 Å². The van der Waals surface area contributed by atoms with Crippen LogP contribution in [0.15, 0.2) is 43.0 Å². The van der Waals surface area contributed by atoms with E-state index in [9.17, 15) is 4.39 Å². The van der Waals surface area contributed by atoms with E-state index in [0.717, 1.165) is 51.0 Å². The molecule has 4 heterocycles. The summed E-state index contributed by atoms with van der Waals surface area (Å²) >= 11 is 0. The molecule has 1 spiro atoms. The van der Waals surface area contributed by atoms with Crippen molar-refractivity contribution in [1.82, 2.24) is 29.5 Å². The summed E-state index contributed by atoms with van der Waals surface area (Å²) in [6.45, 7) is 3.94. The summed E-state index contributed by atoms with van der Waals surface area (Å²) in [6.07, 6.45) is 8.81. The standard InChI is InChI=1S/C21H25FN6/c1-26-9-6-18-20(24-15-23-18)21(26)7-10-27(11-8-21)13-16-12-25-28(14-16)19-5-3-2-4-17(19)22/h2-5,12,14-15H,6-11,13H2,1H3,(H,23,24). The van der Waals surface area contributed by atoms with Crippen molar-refractivity contribution in [3.63, 3.8) is 0 Å². The molecule has 0 radical (unpaired) electrons. The smallest absolute Gasteiger partial charge is 0.148 e. The highest BCUT2D eigenvalue weighted by Crippen LogP contribution is 2.41. The number of hydrogen-bond donors (Lipinski definition) is 1. The third kappa shape index (κ3) is 2.86. The summed E-state index contributed by atoms with van der Waals surface area (Å²) in [5.74, 6) is -0.257. The van der Waals surface area contributed by atoms with E-state index in [1.165, 1.54) is 17.5 Å². The topological polar surface area (TPSA) is 53.0 Å². The number of nitrogens with zero attached hydrogens (tertiary/aromatic N) is 5. The first kappa shape index (κ1) is 17.6. The van der Waals surface area contributed by atoms with Gasteiger partial charge in [-0.25, -0.2) is 14.1 Å². The van der Waals surface area contributed by atoms with Crippen molar-refractivity contribution in [1.29, 1.82) is 0 Å². The van der Waals surface area contributed by atoms with Crippen LogP contribution < -0.4 is 0 Å². The van der Waals surface area contributed by atoms with E-state index in [4.69, 9.17) is 0 Å². The molecule has 1 saturated heterocycles. The van der Waals surface area contributed by atoms with Gasteiger partial charge in [0.25, 0.3) is 0 Å². The molecule has 5 rings (SSSR count). The molecule has 0 atom stereocenters. The Hall–Kier alpha value is -2.51. The van der Waals surface area contributed by atoms with Crippen LogP contribution in [0.1, 0.15) is 29.8 Å². The van der Waals surface area contributed by atoms with E-state index in [1.807, 2.05) is 24.8 Å². The zero-order valence-corrected chi connectivity index (χ0v) is 16.1. The summed E-state index contributed by atoms with van der Waals surface area (Å²) in [6, 6.07) is 6.73. The number of para-hydroxylation sites is 1. The van der Waals surface area contributed by atoms with Gasteiger partial charge in [0.15, 0.2) is 0 Å². The maximum absolute atomic E-state index is 14.0. The van der Waals surface area contributed by atoms with Crippen LogP contribution in [-0.4, -0.2) is 56.2 Å². The van der Waals surface area contributed by atoms with Gasteiger partial charge in [-0.3, -0.25) is 9.80 Å². The minimum Gasteiger partial charge on any atom is -0.348 e. The van der Waals surface area contributed by atoms with Crippen LogP contribution in [0.5, 0.6) is 0 Å². The number of halogens is 1. The van der Waals surface area contributed by atoms with Crippen molar-refractivity contribution in [2.45, 2.75) is 31.3 Å². The minimum atomic E-state index is -0.257. The molecule has 2 aromatic heterocycles. The number of H-pyrrole nitrogens is 1. The summed E-state index contributed by atoms with van der Waals surface area (Å²) in [4.78, 5) is 13.0. The molecule has 0 amide bonds. The van der Waals surface area contributed by atoms with Crippen molar-refractivity contribution >= 4 is 0 Å². The fraction of sp³-hybridized carbons (Fsp3) is 0.429. The van der Waals surface area contributed by atoms with Gasteiger partial charge >= 0.3 is 0 Å². The predicted molar refractivity (Wildman–Crippen MR) is 105 cm³/mol. The number of aromatic amines is 1. The lowest BCUT2D eigenvalue weighted by Crippen LogP contribution is -2.54. The predicted octanol–water partition coefficient (Wildman–Crippen LogP) is 2.71. The van der Waals surface area contributed by atoms with E-state index < -0.39 is 0 Å². The molecule has 0 bridgehead atoms. The molecule has 6 nitrogen and oxygen atoms in total. The molecule has 1 fully saturated rings. The molecule has 0 aliphatic carbocycles. The molecule has 2 aliphatic heterocycles. The lowest BCUT2D eigenvalue weighted by Gasteiger charge is -2.49. The van der Waals surface area contributed by atoms with Crippen molar-refractivity contribution in [3.05, 3.63) is 65.8 Å². The van der Waals surface area contributed by atoms with Crippen LogP contribution >= 0.6 is 0 Å². The second kappa shape index (κ2) is 6.83. The zero-order valence-electron chi connectivity index (χ0n) is 16.1.